The highest BCUT2D eigenvalue weighted by molar-refractivity contribution is 6.05. The molecule has 1 unspecified atom stereocenters. The lowest BCUT2D eigenvalue weighted by molar-refractivity contribution is -0.233. The molecular weight excluding hydrogens is 598 g/mol. The van der Waals surface area contributed by atoms with Gasteiger partial charge in [0.1, 0.15) is 6.10 Å². The molecule has 4 fully saturated rings. The number of anilines is 1. The number of fused-ring (bicyclic) bond motifs is 7. The number of carbonyl (C=O) groups excluding carboxylic acids is 3. The lowest BCUT2D eigenvalue weighted by atomic mass is 9.33. The third-order valence-electron chi connectivity index (χ3n) is 13.9. The number of nitrogens with one attached hydrogen (secondary N) is 1. The van der Waals surface area contributed by atoms with Crippen LogP contribution in [0.1, 0.15) is 126 Å². The highest BCUT2D eigenvalue weighted by atomic mass is 16.5. The molecule has 0 saturated heterocycles. The molecule has 1 aromatic heterocycles. The Labute approximate surface area is 279 Å². The Balaban J connectivity index is 0.000000371. The zero-order valence-corrected chi connectivity index (χ0v) is 30.0. The lowest BCUT2D eigenvalue weighted by Gasteiger charge is -2.72. The molecule has 5 aliphatic rings. The standard InChI is InChI=1S/C32H48O5.C5H7N3O2/c1-18(2)25-21(34)17-32(27(35)36)16-15-30(7)20(26(25)32)9-10-23-29(6)13-12-24(37-19(3)33)28(4,5)22(29)11-14-31(23,30)8;1-3(9)6-5-8-7-4(2)10-5/h18,20,22-24H,9-17H2,1-8H3,(H,35,36);1-2H3,(H,6,8,9)/t20-,22+,23-,24?,29+,30-,31-,32-;/m1./s1. The van der Waals surface area contributed by atoms with E-state index in [0.717, 1.165) is 56.1 Å². The molecular formula is C37H55N3O7. The number of hydrogen-bond acceptors (Lipinski definition) is 8. The van der Waals surface area contributed by atoms with Crippen LogP contribution in [-0.2, 0) is 23.9 Å². The Hall–Kier alpha value is -3.04. The zero-order valence-electron chi connectivity index (χ0n) is 30.0. The van der Waals surface area contributed by atoms with Crippen molar-refractivity contribution in [1.29, 1.82) is 0 Å². The van der Waals surface area contributed by atoms with Gasteiger partial charge in [0.2, 0.25) is 11.8 Å². The molecule has 0 bridgehead atoms. The Kier molecular flexibility index (Phi) is 8.88. The third-order valence-corrected chi connectivity index (χ3v) is 13.9. The number of aromatic nitrogens is 2. The summed E-state index contributed by atoms with van der Waals surface area (Å²) in [7, 11) is 0. The average Bonchev–Trinajstić information content (AvgIpc) is 3.50. The number of carbonyl (C=O) groups is 4. The van der Waals surface area contributed by atoms with Crippen LogP contribution >= 0.6 is 0 Å². The Morgan fingerprint density at radius 1 is 0.915 bits per heavy atom. The molecule has 0 aromatic carbocycles. The van der Waals surface area contributed by atoms with Crippen molar-refractivity contribution in [1.82, 2.24) is 10.2 Å². The van der Waals surface area contributed by atoms with E-state index in [9.17, 15) is 24.3 Å². The van der Waals surface area contributed by atoms with Crippen molar-refractivity contribution in [2.24, 2.45) is 50.7 Å². The van der Waals surface area contributed by atoms with Crippen molar-refractivity contribution in [3.05, 3.63) is 17.0 Å². The Morgan fingerprint density at radius 2 is 1.60 bits per heavy atom. The molecule has 4 saturated carbocycles. The number of amides is 1. The van der Waals surface area contributed by atoms with Crippen LogP contribution in [0.4, 0.5) is 6.01 Å². The summed E-state index contributed by atoms with van der Waals surface area (Å²) in [6, 6.07) is 0.144. The molecule has 10 nitrogen and oxygen atoms in total. The molecule has 1 heterocycles. The number of rotatable bonds is 4. The zero-order chi connectivity index (χ0) is 34.9. The van der Waals surface area contributed by atoms with Gasteiger partial charge in [0.05, 0.1) is 5.41 Å². The number of allylic oxidation sites excluding steroid dienone is 1. The normalized spacial score (nSPS) is 38.7. The number of carboxylic acids is 1. The van der Waals surface area contributed by atoms with Crippen LogP contribution in [0.25, 0.3) is 0 Å². The van der Waals surface area contributed by atoms with Crippen LogP contribution in [0, 0.1) is 57.7 Å². The van der Waals surface area contributed by atoms with E-state index in [0.29, 0.717) is 24.1 Å². The fraction of sp³-hybridized carbons (Fsp3) is 0.784. The Bertz CT molecular complexity index is 1490. The summed E-state index contributed by atoms with van der Waals surface area (Å²) in [6.07, 6.45) is 7.82. The average molecular weight is 654 g/mol. The molecule has 1 aromatic rings. The second-order valence-electron chi connectivity index (χ2n) is 16.8. The number of ketones is 1. The minimum absolute atomic E-state index is 0.0280. The van der Waals surface area contributed by atoms with Gasteiger partial charge >= 0.3 is 18.0 Å². The van der Waals surface area contributed by atoms with E-state index in [4.69, 9.17) is 9.15 Å². The first-order valence-corrected chi connectivity index (χ1v) is 17.5. The number of aliphatic carboxylic acids is 1. The SMILES string of the molecule is CC(=O)Nc1nnc(C)o1.CC(=O)OC1CC[C@]2(C)[C@H]3CC[C@@H]4C5=C(C(C)C)C(=O)C[C@]5(C(=O)O)CC[C@@]4(C)[C@]3(C)CC[C@H]2C1(C)C. The lowest BCUT2D eigenvalue weighted by Crippen LogP contribution is -2.66. The molecule has 8 atom stereocenters. The van der Waals surface area contributed by atoms with Crippen LogP contribution < -0.4 is 5.32 Å². The summed E-state index contributed by atoms with van der Waals surface area (Å²) >= 11 is 0. The topological polar surface area (TPSA) is 149 Å². The summed E-state index contributed by atoms with van der Waals surface area (Å²) < 4.78 is 10.7. The molecule has 0 radical (unpaired) electrons. The first-order chi connectivity index (χ1) is 21.7. The maximum absolute atomic E-state index is 13.3. The van der Waals surface area contributed by atoms with Crippen molar-refractivity contribution in [3.63, 3.8) is 0 Å². The number of aryl methyl sites for hydroxylation is 1. The smallest absolute Gasteiger partial charge is 0.322 e. The summed E-state index contributed by atoms with van der Waals surface area (Å²) in [4.78, 5) is 48.4. The first kappa shape index (κ1) is 35.3. The van der Waals surface area contributed by atoms with Crippen LogP contribution in [0.15, 0.2) is 15.6 Å². The second kappa shape index (κ2) is 11.8. The van der Waals surface area contributed by atoms with E-state index >= 15 is 0 Å². The minimum atomic E-state index is -0.991. The van der Waals surface area contributed by atoms with Crippen molar-refractivity contribution in [3.8, 4) is 0 Å². The van der Waals surface area contributed by atoms with Gasteiger partial charge in [-0.05, 0) is 102 Å². The van der Waals surface area contributed by atoms with Crippen molar-refractivity contribution < 1.29 is 33.4 Å². The number of hydrogen-bond donors (Lipinski definition) is 2. The van der Waals surface area contributed by atoms with E-state index in [1.54, 1.807) is 6.92 Å². The van der Waals surface area contributed by atoms with Gasteiger partial charge in [-0.25, -0.2) is 0 Å². The van der Waals surface area contributed by atoms with E-state index in [-0.39, 0.29) is 69.7 Å². The van der Waals surface area contributed by atoms with E-state index in [1.165, 1.54) is 13.8 Å². The number of nitrogens with zero attached hydrogens (tertiary/aromatic N) is 2. The largest absolute Gasteiger partial charge is 0.481 e. The third kappa shape index (κ3) is 5.36. The number of carboxylic acid groups (broad SMARTS) is 1. The quantitative estimate of drug-likeness (QED) is 0.319. The highest BCUT2D eigenvalue weighted by Gasteiger charge is 2.71. The van der Waals surface area contributed by atoms with Crippen LogP contribution in [0.3, 0.4) is 0 Å². The molecule has 10 heteroatoms. The summed E-state index contributed by atoms with van der Waals surface area (Å²) in [5.41, 5.74) is 0.992. The second-order valence-corrected chi connectivity index (χ2v) is 16.8. The maximum atomic E-state index is 13.3. The number of ether oxygens (including phenoxy) is 1. The van der Waals surface area contributed by atoms with E-state index in [2.05, 4.69) is 64.0 Å². The van der Waals surface area contributed by atoms with E-state index < -0.39 is 11.4 Å². The first-order valence-electron chi connectivity index (χ1n) is 17.5. The molecule has 2 N–H and O–H groups in total. The fourth-order valence-corrected chi connectivity index (χ4v) is 11.8. The van der Waals surface area contributed by atoms with Gasteiger partial charge in [-0.2, -0.15) is 0 Å². The molecule has 47 heavy (non-hydrogen) atoms. The molecule has 0 aliphatic heterocycles. The van der Waals surface area contributed by atoms with Gasteiger partial charge in [-0.1, -0.05) is 53.6 Å². The van der Waals surface area contributed by atoms with Gasteiger partial charge in [0.15, 0.2) is 5.78 Å². The van der Waals surface area contributed by atoms with Crippen molar-refractivity contribution >= 4 is 29.6 Å². The predicted molar refractivity (Wildman–Crippen MR) is 176 cm³/mol. The molecule has 0 spiro atoms. The van der Waals surface area contributed by atoms with Crippen LogP contribution in [0.2, 0.25) is 0 Å². The summed E-state index contributed by atoms with van der Waals surface area (Å²) in [5, 5.41) is 19.9. The van der Waals surface area contributed by atoms with Crippen LogP contribution in [0.5, 0.6) is 0 Å². The monoisotopic (exact) mass is 653 g/mol. The van der Waals surface area contributed by atoms with Gasteiger partial charge in [-0.15, -0.1) is 5.10 Å². The fourth-order valence-electron chi connectivity index (χ4n) is 11.8. The van der Waals surface area contributed by atoms with Gasteiger partial charge < -0.3 is 14.3 Å². The van der Waals surface area contributed by atoms with Gasteiger partial charge in [0.25, 0.3) is 0 Å². The molecule has 260 valence electrons. The van der Waals surface area contributed by atoms with E-state index in [1.807, 2.05) is 0 Å². The predicted octanol–water partition coefficient (Wildman–Crippen LogP) is 7.32. The van der Waals surface area contributed by atoms with Crippen LogP contribution in [-0.4, -0.2) is 45.0 Å². The molecule has 1 amide bonds. The Morgan fingerprint density at radius 3 is 2.15 bits per heavy atom. The summed E-state index contributed by atoms with van der Waals surface area (Å²) in [6.45, 7) is 20.8. The van der Waals surface area contributed by atoms with Crippen molar-refractivity contribution in [2.45, 2.75) is 133 Å². The number of Topliss-reactive ketones (excluding diaryl/α,β-unsaturated/α-hetero) is 1. The molecule has 5 aliphatic carbocycles. The minimum Gasteiger partial charge on any atom is -0.481 e. The van der Waals surface area contributed by atoms with Crippen molar-refractivity contribution in [2.75, 3.05) is 5.32 Å². The van der Waals surface area contributed by atoms with Gasteiger partial charge in [0, 0.05) is 32.6 Å². The number of esters is 1. The van der Waals surface area contributed by atoms with Gasteiger partial charge in [-0.3, -0.25) is 24.5 Å². The highest BCUT2D eigenvalue weighted by Crippen LogP contribution is 2.76. The molecule has 6 rings (SSSR count). The summed E-state index contributed by atoms with van der Waals surface area (Å²) in [5.74, 6) is 0.557. The maximum Gasteiger partial charge on any atom is 0.322 e.